The van der Waals surface area contributed by atoms with Gasteiger partial charge in [0.15, 0.2) is 0 Å². The van der Waals surface area contributed by atoms with Gasteiger partial charge in [0.2, 0.25) is 11.8 Å². The van der Waals surface area contributed by atoms with Gasteiger partial charge in [0, 0.05) is 19.8 Å². The maximum atomic E-state index is 14.3. The molecule has 0 unspecified atom stereocenters. The van der Waals surface area contributed by atoms with E-state index in [4.69, 9.17) is 23.2 Å². The van der Waals surface area contributed by atoms with Gasteiger partial charge in [-0.1, -0.05) is 47.5 Å². The number of hydrogen-bond donors (Lipinski definition) is 0. The second kappa shape index (κ2) is 9.57. The van der Waals surface area contributed by atoms with Crippen LogP contribution < -0.4 is 9.80 Å². The molecule has 2 aromatic heterocycles. The number of thiophene rings is 2. The molecule has 4 aliphatic rings. The summed E-state index contributed by atoms with van der Waals surface area (Å²) in [6, 6.07) is 17.9. The van der Waals surface area contributed by atoms with Crippen LogP contribution in [0.5, 0.6) is 0 Å². The van der Waals surface area contributed by atoms with Crippen molar-refractivity contribution in [1.29, 1.82) is 0 Å². The number of amides is 4. The number of halogens is 2. The average molecular weight is 636 g/mol. The van der Waals surface area contributed by atoms with E-state index in [2.05, 4.69) is 0 Å². The number of anilines is 2. The first-order valence-corrected chi connectivity index (χ1v) is 15.8. The number of nitrogens with zero attached hydrogens (tertiary/aromatic N) is 4. The van der Waals surface area contributed by atoms with Crippen LogP contribution in [0.15, 0.2) is 83.6 Å². The van der Waals surface area contributed by atoms with E-state index in [0.29, 0.717) is 21.4 Å². The minimum absolute atomic E-state index is 0.356. The topological polar surface area (TPSA) is 81.2 Å². The molecule has 2 aromatic carbocycles. The highest BCUT2D eigenvalue weighted by atomic mass is 35.5. The van der Waals surface area contributed by atoms with Crippen molar-refractivity contribution >= 4 is 80.9 Å². The highest BCUT2D eigenvalue weighted by Crippen LogP contribution is 2.60. The van der Waals surface area contributed by atoms with E-state index in [1.807, 2.05) is 45.0 Å². The summed E-state index contributed by atoms with van der Waals surface area (Å²) in [6.45, 7) is 0. The molecule has 4 aromatic rings. The van der Waals surface area contributed by atoms with Crippen molar-refractivity contribution in [2.24, 2.45) is 11.8 Å². The number of carbonyl (C=O) groups is 4. The van der Waals surface area contributed by atoms with Gasteiger partial charge in [-0.05, 0) is 59.3 Å². The number of fused-ring (bicyclic) bond motifs is 5. The largest absolute Gasteiger partial charge is 0.274 e. The van der Waals surface area contributed by atoms with Crippen LogP contribution in [0.2, 0.25) is 10.0 Å². The van der Waals surface area contributed by atoms with Crippen LogP contribution in [-0.2, 0) is 19.2 Å². The summed E-state index contributed by atoms with van der Waals surface area (Å²) in [5.74, 6) is -3.09. The van der Waals surface area contributed by atoms with E-state index in [1.54, 1.807) is 48.5 Å². The van der Waals surface area contributed by atoms with Crippen LogP contribution in [0.1, 0.15) is 21.8 Å². The zero-order valence-electron chi connectivity index (χ0n) is 21.5. The Kier molecular flexibility index (Phi) is 5.98. The number of hydrazine groups is 1. The van der Waals surface area contributed by atoms with Crippen molar-refractivity contribution in [1.82, 2.24) is 10.0 Å². The SMILES string of the molecule is O=C1[C@H]2[C@@H](c3cccs3)N3[C@H]4C(=O)N(c5cccc(Cl)c5)C(=O)[C@H]4[C@@H](c4cccs4)N3[C@H]2C(=O)N1c1cccc(Cl)c1. The van der Waals surface area contributed by atoms with Crippen LogP contribution >= 0.6 is 45.9 Å². The number of benzene rings is 2. The zero-order valence-corrected chi connectivity index (χ0v) is 24.7. The van der Waals surface area contributed by atoms with E-state index in [9.17, 15) is 19.2 Å². The fourth-order valence-electron chi connectivity index (χ4n) is 7.05. The van der Waals surface area contributed by atoms with Crippen LogP contribution in [0.25, 0.3) is 0 Å². The van der Waals surface area contributed by atoms with Crippen molar-refractivity contribution < 1.29 is 19.2 Å². The van der Waals surface area contributed by atoms with E-state index in [-0.39, 0.29) is 11.8 Å². The lowest BCUT2D eigenvalue weighted by molar-refractivity contribution is -0.135. The molecule has 210 valence electrons. The van der Waals surface area contributed by atoms with Crippen LogP contribution in [0.3, 0.4) is 0 Å². The van der Waals surface area contributed by atoms with Gasteiger partial charge in [0.05, 0.1) is 35.3 Å². The number of rotatable bonds is 4. The van der Waals surface area contributed by atoms with Crippen LogP contribution in [-0.4, -0.2) is 45.7 Å². The number of imide groups is 2. The number of hydrogen-bond acceptors (Lipinski definition) is 8. The fraction of sp³-hybridized carbons (Fsp3) is 0.200. The summed E-state index contributed by atoms with van der Waals surface area (Å²) < 4.78 is 0. The first-order chi connectivity index (χ1) is 20.4. The Morgan fingerprint density at radius 1 is 0.524 bits per heavy atom. The molecule has 6 heterocycles. The van der Waals surface area contributed by atoms with Crippen molar-refractivity contribution in [2.75, 3.05) is 9.80 Å². The normalized spacial score (nSPS) is 29.1. The summed E-state index contributed by atoms with van der Waals surface area (Å²) in [6.07, 6.45) is 0. The lowest BCUT2D eigenvalue weighted by Gasteiger charge is -2.35. The highest BCUT2D eigenvalue weighted by molar-refractivity contribution is 7.10. The monoisotopic (exact) mass is 634 g/mol. The molecule has 0 spiro atoms. The minimum atomic E-state index is -0.901. The first kappa shape index (κ1) is 26.3. The molecule has 4 fully saturated rings. The van der Waals surface area contributed by atoms with E-state index in [1.165, 1.54) is 32.5 Å². The summed E-state index contributed by atoms with van der Waals surface area (Å²) in [4.78, 5) is 61.2. The molecule has 6 atom stereocenters. The molecular formula is C30H20Cl2N4O4S2. The van der Waals surface area contributed by atoms with Gasteiger partial charge in [-0.25, -0.2) is 19.8 Å². The molecule has 0 N–H and O–H groups in total. The van der Waals surface area contributed by atoms with Crippen molar-refractivity contribution in [2.45, 2.75) is 24.2 Å². The van der Waals surface area contributed by atoms with E-state index < -0.39 is 47.8 Å². The minimum Gasteiger partial charge on any atom is -0.274 e. The molecule has 8 nitrogen and oxygen atoms in total. The predicted octanol–water partition coefficient (Wildman–Crippen LogP) is 5.56. The third-order valence-electron chi connectivity index (χ3n) is 8.53. The molecule has 0 saturated carbocycles. The molecule has 0 radical (unpaired) electrons. The fourth-order valence-corrected chi connectivity index (χ4v) is 9.15. The zero-order chi connectivity index (χ0) is 28.9. The van der Waals surface area contributed by atoms with Gasteiger partial charge >= 0.3 is 0 Å². The molecule has 12 heteroatoms. The Labute approximate surface area is 258 Å². The van der Waals surface area contributed by atoms with Gasteiger partial charge in [-0.15, -0.1) is 22.7 Å². The summed E-state index contributed by atoms with van der Waals surface area (Å²) in [5.41, 5.74) is 0.796. The standard InChI is InChI=1S/C30H20Cl2N4O4S2/c31-15-5-1-7-17(13-15)33-27(37)21-23(19-9-3-11-41-19)36-26-22(24(20-10-4-12-42-20)35(36)25(21)29(33)39)28(38)34(30(26)40)18-8-2-6-16(32)14-18/h1-14,21-26H/t21-,22-,23+,24+,25+,26+/m0/s1. The maximum absolute atomic E-state index is 14.3. The summed E-state index contributed by atoms with van der Waals surface area (Å²) in [5, 5.41) is 8.37. The van der Waals surface area contributed by atoms with E-state index >= 15 is 0 Å². The summed E-state index contributed by atoms with van der Waals surface area (Å²) in [7, 11) is 0. The molecule has 8 rings (SSSR count). The van der Waals surface area contributed by atoms with Gasteiger partial charge in [0.25, 0.3) is 11.8 Å². The average Bonchev–Trinajstić information content (AvgIpc) is 3.79. The molecule has 0 aliphatic carbocycles. The van der Waals surface area contributed by atoms with E-state index in [0.717, 1.165) is 9.75 Å². The van der Waals surface area contributed by atoms with Gasteiger partial charge in [-0.3, -0.25) is 19.2 Å². The van der Waals surface area contributed by atoms with Gasteiger partial charge < -0.3 is 0 Å². The molecule has 4 amide bonds. The summed E-state index contributed by atoms with van der Waals surface area (Å²) >= 11 is 15.4. The first-order valence-electron chi connectivity index (χ1n) is 13.3. The predicted molar refractivity (Wildman–Crippen MR) is 160 cm³/mol. The third kappa shape index (κ3) is 3.54. The Balaban J connectivity index is 1.31. The third-order valence-corrected chi connectivity index (χ3v) is 10.9. The van der Waals surface area contributed by atoms with Crippen LogP contribution in [0.4, 0.5) is 11.4 Å². The molecule has 4 saturated heterocycles. The quantitative estimate of drug-likeness (QED) is 0.273. The van der Waals surface area contributed by atoms with Crippen molar-refractivity contribution in [3.05, 3.63) is 103 Å². The Morgan fingerprint density at radius 2 is 0.952 bits per heavy atom. The van der Waals surface area contributed by atoms with Gasteiger partial charge in [-0.2, -0.15) is 0 Å². The smallest absolute Gasteiger partial charge is 0.253 e. The number of carbonyl (C=O) groups excluding carboxylic acids is 4. The van der Waals surface area contributed by atoms with Crippen molar-refractivity contribution in [3.63, 3.8) is 0 Å². The molecular weight excluding hydrogens is 615 g/mol. The lowest BCUT2D eigenvalue weighted by Crippen LogP contribution is -2.50. The Hall–Kier alpha value is -3.38. The lowest BCUT2D eigenvalue weighted by atomic mass is 9.88. The highest BCUT2D eigenvalue weighted by Gasteiger charge is 2.74. The second-order valence-corrected chi connectivity index (χ2v) is 13.4. The molecule has 4 aliphatic heterocycles. The molecule has 42 heavy (non-hydrogen) atoms. The van der Waals surface area contributed by atoms with Crippen LogP contribution in [0, 0.1) is 11.8 Å². The second-order valence-electron chi connectivity index (χ2n) is 10.6. The van der Waals surface area contributed by atoms with Crippen molar-refractivity contribution in [3.8, 4) is 0 Å². The molecule has 0 bridgehead atoms. The Morgan fingerprint density at radius 3 is 1.31 bits per heavy atom. The Bertz CT molecular complexity index is 1650. The van der Waals surface area contributed by atoms with Gasteiger partial charge in [0.1, 0.15) is 12.1 Å². The maximum Gasteiger partial charge on any atom is 0.253 e.